The molecule has 110 valence electrons. The molecule has 4 heteroatoms. The van der Waals surface area contributed by atoms with Gasteiger partial charge in [0.05, 0.1) is 0 Å². The first-order valence-electron chi connectivity index (χ1n) is 7.56. The van der Waals surface area contributed by atoms with E-state index in [1.807, 2.05) is 6.92 Å². The van der Waals surface area contributed by atoms with Crippen molar-refractivity contribution in [3.05, 3.63) is 35.9 Å². The number of likely N-dealkylation sites (tertiary alicyclic amines) is 1. The number of nitrogens with one attached hydrogen (secondary N) is 2. The van der Waals surface area contributed by atoms with Crippen molar-refractivity contribution in [3.63, 3.8) is 0 Å². The zero-order valence-electron chi connectivity index (χ0n) is 12.3. The lowest BCUT2D eigenvalue weighted by Crippen LogP contribution is -2.43. The maximum atomic E-state index is 11.4. The number of nitrogens with zero attached hydrogens (tertiary/aromatic N) is 1. The molecular formula is C16H25N3O. The van der Waals surface area contributed by atoms with Gasteiger partial charge in [-0.2, -0.15) is 0 Å². The smallest absolute Gasteiger partial charge is 0.314 e. The number of hydrogen-bond acceptors (Lipinski definition) is 2. The van der Waals surface area contributed by atoms with E-state index in [-0.39, 0.29) is 6.03 Å². The minimum atomic E-state index is -0.0484. The molecule has 1 atom stereocenters. The molecule has 0 unspecified atom stereocenters. The first-order chi connectivity index (χ1) is 9.78. The predicted octanol–water partition coefficient (Wildman–Crippen LogP) is 2.22. The zero-order valence-corrected chi connectivity index (χ0v) is 12.3. The van der Waals surface area contributed by atoms with Crippen molar-refractivity contribution >= 4 is 6.03 Å². The van der Waals surface area contributed by atoms with Crippen molar-refractivity contribution in [2.45, 2.75) is 26.3 Å². The molecule has 1 fully saturated rings. The van der Waals surface area contributed by atoms with E-state index >= 15 is 0 Å². The number of urea groups is 1. The Balaban J connectivity index is 1.75. The van der Waals surface area contributed by atoms with Crippen molar-refractivity contribution in [1.82, 2.24) is 15.5 Å². The SMILES string of the molecule is CCNC(=O)NC[C@H]1CCCN(Cc2ccccc2)C1. The van der Waals surface area contributed by atoms with Crippen LogP contribution in [0.4, 0.5) is 4.79 Å². The van der Waals surface area contributed by atoms with E-state index in [0.717, 1.165) is 26.2 Å². The van der Waals surface area contributed by atoms with Crippen molar-refractivity contribution in [2.24, 2.45) is 5.92 Å². The van der Waals surface area contributed by atoms with Crippen LogP contribution in [-0.2, 0) is 6.54 Å². The van der Waals surface area contributed by atoms with Crippen LogP contribution in [0.1, 0.15) is 25.3 Å². The lowest BCUT2D eigenvalue weighted by Gasteiger charge is -2.32. The number of piperidine rings is 1. The van der Waals surface area contributed by atoms with E-state index in [0.29, 0.717) is 12.5 Å². The third-order valence-electron chi connectivity index (χ3n) is 3.74. The van der Waals surface area contributed by atoms with Crippen LogP contribution in [0.15, 0.2) is 30.3 Å². The molecule has 0 spiro atoms. The fourth-order valence-electron chi connectivity index (χ4n) is 2.76. The highest BCUT2D eigenvalue weighted by atomic mass is 16.2. The summed E-state index contributed by atoms with van der Waals surface area (Å²) in [4.78, 5) is 13.9. The summed E-state index contributed by atoms with van der Waals surface area (Å²) in [7, 11) is 0. The number of hydrogen-bond donors (Lipinski definition) is 2. The molecule has 1 saturated heterocycles. The van der Waals surface area contributed by atoms with Gasteiger partial charge in [0.15, 0.2) is 0 Å². The van der Waals surface area contributed by atoms with Gasteiger partial charge in [0, 0.05) is 26.2 Å². The van der Waals surface area contributed by atoms with Crippen LogP contribution in [0.3, 0.4) is 0 Å². The predicted molar refractivity (Wildman–Crippen MR) is 81.5 cm³/mol. The van der Waals surface area contributed by atoms with Crippen molar-refractivity contribution in [1.29, 1.82) is 0 Å². The fourth-order valence-corrected chi connectivity index (χ4v) is 2.76. The molecule has 1 aliphatic heterocycles. The summed E-state index contributed by atoms with van der Waals surface area (Å²) in [5, 5.41) is 5.73. The molecule has 0 radical (unpaired) electrons. The van der Waals surface area contributed by atoms with Gasteiger partial charge in [-0.25, -0.2) is 4.79 Å². The van der Waals surface area contributed by atoms with Crippen LogP contribution < -0.4 is 10.6 Å². The molecule has 1 aromatic carbocycles. The van der Waals surface area contributed by atoms with Gasteiger partial charge < -0.3 is 10.6 Å². The summed E-state index contributed by atoms with van der Waals surface area (Å²) < 4.78 is 0. The van der Waals surface area contributed by atoms with E-state index < -0.39 is 0 Å². The summed E-state index contributed by atoms with van der Waals surface area (Å²) in [5.41, 5.74) is 1.37. The normalized spacial score (nSPS) is 19.6. The molecular weight excluding hydrogens is 250 g/mol. The minimum Gasteiger partial charge on any atom is -0.338 e. The van der Waals surface area contributed by atoms with Crippen LogP contribution in [0.2, 0.25) is 0 Å². The quantitative estimate of drug-likeness (QED) is 0.865. The number of amides is 2. The molecule has 0 aliphatic carbocycles. The Kier molecular flexibility index (Phi) is 5.87. The monoisotopic (exact) mass is 275 g/mol. The molecule has 2 N–H and O–H groups in total. The topological polar surface area (TPSA) is 44.4 Å². The summed E-state index contributed by atoms with van der Waals surface area (Å²) >= 11 is 0. The maximum absolute atomic E-state index is 11.4. The Bertz CT molecular complexity index is 407. The molecule has 0 saturated carbocycles. The Morgan fingerprint density at radius 2 is 2.10 bits per heavy atom. The van der Waals surface area contributed by atoms with Crippen molar-refractivity contribution in [3.8, 4) is 0 Å². The second-order valence-electron chi connectivity index (χ2n) is 5.47. The molecule has 2 rings (SSSR count). The largest absolute Gasteiger partial charge is 0.338 e. The minimum absolute atomic E-state index is 0.0484. The lowest BCUT2D eigenvalue weighted by molar-refractivity contribution is 0.165. The first-order valence-corrected chi connectivity index (χ1v) is 7.56. The van der Waals surface area contributed by atoms with Gasteiger partial charge in [0.25, 0.3) is 0 Å². The lowest BCUT2D eigenvalue weighted by atomic mass is 9.97. The standard InChI is InChI=1S/C16H25N3O/c1-2-17-16(20)18-11-15-9-6-10-19(13-15)12-14-7-4-3-5-8-14/h3-5,7-8,15H,2,6,9-13H2,1H3,(H2,17,18,20)/t15-/m1/s1. The average molecular weight is 275 g/mol. The number of rotatable bonds is 5. The third-order valence-corrected chi connectivity index (χ3v) is 3.74. The molecule has 20 heavy (non-hydrogen) atoms. The molecule has 1 aromatic rings. The zero-order chi connectivity index (χ0) is 14.2. The highest BCUT2D eigenvalue weighted by molar-refractivity contribution is 5.73. The number of benzene rings is 1. The fraction of sp³-hybridized carbons (Fsp3) is 0.562. The Hall–Kier alpha value is -1.55. The van der Waals surface area contributed by atoms with Crippen LogP contribution in [0, 0.1) is 5.92 Å². The van der Waals surface area contributed by atoms with Crippen LogP contribution in [0.25, 0.3) is 0 Å². The van der Waals surface area contributed by atoms with Crippen molar-refractivity contribution in [2.75, 3.05) is 26.2 Å². The molecule has 1 heterocycles. The Morgan fingerprint density at radius 1 is 1.30 bits per heavy atom. The first kappa shape index (κ1) is 14.9. The van der Waals surface area contributed by atoms with E-state index in [1.165, 1.54) is 18.4 Å². The van der Waals surface area contributed by atoms with E-state index in [2.05, 4.69) is 45.9 Å². The third kappa shape index (κ3) is 4.85. The maximum Gasteiger partial charge on any atom is 0.314 e. The summed E-state index contributed by atoms with van der Waals surface area (Å²) in [6, 6.07) is 10.5. The molecule has 0 bridgehead atoms. The molecule has 2 amide bonds. The highest BCUT2D eigenvalue weighted by Gasteiger charge is 2.20. The van der Waals surface area contributed by atoms with Gasteiger partial charge in [-0.05, 0) is 37.8 Å². The summed E-state index contributed by atoms with van der Waals surface area (Å²) in [6.07, 6.45) is 2.42. The van der Waals surface area contributed by atoms with Crippen LogP contribution in [0.5, 0.6) is 0 Å². The van der Waals surface area contributed by atoms with Gasteiger partial charge in [-0.1, -0.05) is 30.3 Å². The van der Waals surface area contributed by atoms with Gasteiger partial charge in [0.1, 0.15) is 0 Å². The van der Waals surface area contributed by atoms with Crippen LogP contribution >= 0.6 is 0 Å². The van der Waals surface area contributed by atoms with Gasteiger partial charge in [-0.15, -0.1) is 0 Å². The average Bonchev–Trinajstić information content (AvgIpc) is 2.47. The van der Waals surface area contributed by atoms with E-state index in [4.69, 9.17) is 0 Å². The van der Waals surface area contributed by atoms with Gasteiger partial charge >= 0.3 is 6.03 Å². The molecule has 1 aliphatic rings. The molecule has 4 nitrogen and oxygen atoms in total. The van der Waals surface area contributed by atoms with Crippen molar-refractivity contribution < 1.29 is 4.79 Å². The number of carbonyl (C=O) groups is 1. The van der Waals surface area contributed by atoms with E-state index in [9.17, 15) is 4.79 Å². The Labute approximate surface area is 121 Å². The van der Waals surface area contributed by atoms with E-state index in [1.54, 1.807) is 0 Å². The highest BCUT2D eigenvalue weighted by Crippen LogP contribution is 2.17. The second kappa shape index (κ2) is 7.90. The Morgan fingerprint density at radius 3 is 2.85 bits per heavy atom. The number of carbonyl (C=O) groups excluding carboxylic acids is 1. The second-order valence-corrected chi connectivity index (χ2v) is 5.47. The van der Waals surface area contributed by atoms with Gasteiger partial charge in [-0.3, -0.25) is 4.90 Å². The van der Waals surface area contributed by atoms with Gasteiger partial charge in [0.2, 0.25) is 0 Å². The van der Waals surface area contributed by atoms with Crippen LogP contribution in [-0.4, -0.2) is 37.1 Å². The summed E-state index contributed by atoms with van der Waals surface area (Å²) in [5.74, 6) is 0.565. The molecule has 0 aromatic heterocycles. The summed E-state index contributed by atoms with van der Waals surface area (Å²) in [6.45, 7) is 6.63.